The van der Waals surface area contributed by atoms with E-state index in [0.717, 1.165) is 17.0 Å². The summed E-state index contributed by atoms with van der Waals surface area (Å²) in [4.78, 5) is 14.4. The van der Waals surface area contributed by atoms with Crippen LogP contribution in [-0.2, 0) is 11.0 Å². The normalized spacial score (nSPS) is 11.7. The van der Waals surface area contributed by atoms with Crippen molar-refractivity contribution in [2.75, 3.05) is 0 Å². The molecular weight excluding hydrogens is 356 g/mol. The third-order valence-corrected chi connectivity index (χ3v) is 3.05. The van der Waals surface area contributed by atoms with Crippen molar-refractivity contribution in [3.63, 3.8) is 0 Å². The number of aromatic nitrogens is 3. The fourth-order valence-electron chi connectivity index (χ4n) is 1.66. The van der Waals surface area contributed by atoms with E-state index in [1.165, 1.54) is 6.08 Å². The van der Waals surface area contributed by atoms with E-state index in [9.17, 15) is 18.0 Å². The molecule has 0 spiro atoms. The van der Waals surface area contributed by atoms with Gasteiger partial charge in [-0.25, -0.2) is 9.67 Å². The quantitative estimate of drug-likeness (QED) is 0.619. The first-order chi connectivity index (χ1) is 10.7. The Kier molecular flexibility index (Phi) is 4.73. The highest BCUT2D eigenvalue weighted by atomic mass is 35.5. The van der Waals surface area contributed by atoms with Crippen LogP contribution in [0.2, 0.25) is 5.02 Å². The van der Waals surface area contributed by atoms with Gasteiger partial charge in [0.2, 0.25) is 5.24 Å². The number of hydrogen-bond acceptors (Lipinski definition) is 4. The van der Waals surface area contributed by atoms with Crippen molar-refractivity contribution in [3.8, 4) is 11.9 Å². The van der Waals surface area contributed by atoms with Crippen molar-refractivity contribution < 1.29 is 18.0 Å². The molecule has 10 heteroatoms. The Morgan fingerprint density at radius 2 is 2.09 bits per heavy atom. The maximum absolute atomic E-state index is 12.6. The second-order valence-electron chi connectivity index (χ2n) is 4.13. The molecule has 2 rings (SSSR count). The van der Waals surface area contributed by atoms with Crippen LogP contribution in [0.4, 0.5) is 13.2 Å². The van der Waals surface area contributed by atoms with Crippen molar-refractivity contribution in [1.29, 1.82) is 5.26 Å². The van der Waals surface area contributed by atoms with Crippen LogP contribution in [0.25, 0.3) is 11.9 Å². The number of hydrogen-bond donors (Lipinski definition) is 0. The molecule has 0 fully saturated rings. The van der Waals surface area contributed by atoms with Crippen LogP contribution in [0.15, 0.2) is 24.5 Å². The molecule has 0 N–H and O–H groups in total. The van der Waals surface area contributed by atoms with E-state index in [4.69, 9.17) is 28.5 Å². The molecule has 5 nitrogen and oxygen atoms in total. The Hall–Kier alpha value is -2.37. The summed E-state index contributed by atoms with van der Waals surface area (Å²) in [6.45, 7) is 0. The minimum atomic E-state index is -4.59. The molecule has 0 aliphatic rings. The monoisotopic (exact) mass is 360 g/mol. The summed E-state index contributed by atoms with van der Waals surface area (Å²) in [5.41, 5.74) is -0.848. The smallest absolute Gasteiger partial charge is 0.276 e. The number of alkyl halides is 3. The minimum Gasteiger partial charge on any atom is -0.276 e. The average molecular weight is 361 g/mol. The molecular formula is C13H5Cl2F3N4O. The van der Waals surface area contributed by atoms with Gasteiger partial charge in [0.05, 0.1) is 28.0 Å². The summed E-state index contributed by atoms with van der Waals surface area (Å²) in [6.07, 6.45) is -0.682. The number of rotatable bonds is 3. The first kappa shape index (κ1) is 17.0. The number of pyridine rings is 1. The Bertz CT molecular complexity index is 837. The lowest BCUT2D eigenvalue weighted by atomic mass is 10.2. The van der Waals surface area contributed by atoms with Crippen LogP contribution in [0.3, 0.4) is 0 Å². The summed E-state index contributed by atoms with van der Waals surface area (Å²) in [6, 6.07) is 2.52. The number of halogens is 5. The van der Waals surface area contributed by atoms with Gasteiger partial charge in [-0.3, -0.25) is 4.79 Å². The molecule has 2 aromatic heterocycles. The van der Waals surface area contributed by atoms with Crippen molar-refractivity contribution in [3.05, 3.63) is 46.4 Å². The molecule has 0 saturated carbocycles. The molecule has 2 aromatic rings. The van der Waals surface area contributed by atoms with Gasteiger partial charge in [0.1, 0.15) is 6.07 Å². The van der Waals surface area contributed by atoms with Crippen LogP contribution in [0, 0.1) is 11.3 Å². The predicted molar refractivity (Wildman–Crippen MR) is 76.0 cm³/mol. The summed E-state index contributed by atoms with van der Waals surface area (Å²) in [7, 11) is 0. The van der Waals surface area contributed by atoms with E-state index in [0.29, 0.717) is 12.3 Å². The van der Waals surface area contributed by atoms with Gasteiger partial charge in [-0.1, -0.05) is 11.6 Å². The summed E-state index contributed by atoms with van der Waals surface area (Å²) < 4.78 is 38.9. The topological polar surface area (TPSA) is 71.6 Å². The molecule has 0 radical (unpaired) electrons. The lowest BCUT2D eigenvalue weighted by molar-refractivity contribution is -0.137. The van der Waals surface area contributed by atoms with E-state index in [2.05, 4.69) is 10.1 Å². The largest absolute Gasteiger partial charge is 0.417 e. The molecule has 0 amide bonds. The molecule has 118 valence electrons. The van der Waals surface area contributed by atoms with Crippen LogP contribution < -0.4 is 0 Å². The second-order valence-corrected chi connectivity index (χ2v) is 4.91. The first-order valence-corrected chi connectivity index (χ1v) is 6.58. The van der Waals surface area contributed by atoms with Gasteiger partial charge in [-0.2, -0.15) is 23.5 Å². The second kappa shape index (κ2) is 6.40. The maximum atomic E-state index is 12.6. The van der Waals surface area contributed by atoms with Gasteiger partial charge in [-0.05, 0) is 29.8 Å². The third-order valence-electron chi connectivity index (χ3n) is 2.65. The predicted octanol–water partition coefficient (Wildman–Crippen LogP) is 3.59. The van der Waals surface area contributed by atoms with Crippen molar-refractivity contribution in [2.45, 2.75) is 6.18 Å². The standard InChI is InChI=1S/C13H5Cl2F3N4O/c14-9-3-8(13(16,17)18)6-20-12(9)22-10(1-2-11(15)23)7(4-19)5-21-22/h1-3,5-6H. The van der Waals surface area contributed by atoms with E-state index >= 15 is 0 Å². The van der Waals surface area contributed by atoms with E-state index in [1.807, 2.05) is 6.07 Å². The third kappa shape index (κ3) is 3.70. The van der Waals surface area contributed by atoms with E-state index in [-0.39, 0.29) is 22.1 Å². The Morgan fingerprint density at radius 1 is 1.39 bits per heavy atom. The highest BCUT2D eigenvalue weighted by Crippen LogP contribution is 2.32. The van der Waals surface area contributed by atoms with Crippen LogP contribution >= 0.6 is 23.2 Å². The molecule has 0 atom stereocenters. The lowest BCUT2D eigenvalue weighted by Crippen LogP contribution is -2.09. The van der Waals surface area contributed by atoms with Crippen molar-refractivity contribution >= 4 is 34.5 Å². The number of nitrogens with zero attached hydrogens (tertiary/aromatic N) is 4. The van der Waals surface area contributed by atoms with Crippen molar-refractivity contribution in [2.24, 2.45) is 0 Å². The molecule has 0 aliphatic heterocycles. The number of allylic oxidation sites excluding steroid dienone is 1. The molecule has 0 unspecified atom stereocenters. The zero-order valence-electron chi connectivity index (χ0n) is 11.0. The van der Waals surface area contributed by atoms with Crippen LogP contribution in [-0.4, -0.2) is 20.0 Å². The molecule has 0 aromatic carbocycles. The fraction of sp³-hybridized carbons (Fsp3) is 0.0769. The first-order valence-electron chi connectivity index (χ1n) is 5.83. The summed E-state index contributed by atoms with van der Waals surface area (Å²) in [5.74, 6) is -0.122. The lowest BCUT2D eigenvalue weighted by Gasteiger charge is -2.10. The van der Waals surface area contributed by atoms with Crippen LogP contribution in [0.5, 0.6) is 0 Å². The fourth-order valence-corrected chi connectivity index (χ4v) is 1.97. The Morgan fingerprint density at radius 3 is 2.61 bits per heavy atom. The zero-order chi connectivity index (χ0) is 17.2. The number of nitriles is 1. The average Bonchev–Trinajstić information content (AvgIpc) is 2.86. The zero-order valence-corrected chi connectivity index (χ0v) is 12.5. The van der Waals surface area contributed by atoms with Crippen LogP contribution in [0.1, 0.15) is 16.8 Å². The molecule has 0 bridgehead atoms. The van der Waals surface area contributed by atoms with E-state index in [1.54, 1.807) is 0 Å². The summed E-state index contributed by atoms with van der Waals surface area (Å²) >= 11 is 11.0. The molecule has 23 heavy (non-hydrogen) atoms. The Labute approximate surface area is 137 Å². The van der Waals surface area contributed by atoms with Crippen molar-refractivity contribution in [1.82, 2.24) is 14.8 Å². The Balaban J connectivity index is 2.57. The van der Waals surface area contributed by atoms with Gasteiger partial charge in [0.25, 0.3) is 0 Å². The van der Waals surface area contributed by atoms with E-state index < -0.39 is 17.0 Å². The summed E-state index contributed by atoms with van der Waals surface area (Å²) in [5, 5.41) is 11.7. The number of carbonyl (C=O) groups excluding carboxylic acids is 1. The molecule has 0 saturated heterocycles. The highest BCUT2D eigenvalue weighted by Gasteiger charge is 2.32. The highest BCUT2D eigenvalue weighted by molar-refractivity contribution is 6.66. The molecule has 2 heterocycles. The minimum absolute atomic E-state index is 0.0666. The molecule has 0 aliphatic carbocycles. The van der Waals surface area contributed by atoms with Gasteiger partial charge in [0.15, 0.2) is 5.82 Å². The van der Waals surface area contributed by atoms with Gasteiger partial charge in [-0.15, -0.1) is 0 Å². The van der Waals surface area contributed by atoms with Gasteiger partial charge >= 0.3 is 6.18 Å². The number of carbonyl (C=O) groups is 1. The SMILES string of the molecule is N#Cc1cnn(-c2ncc(C(F)(F)F)cc2Cl)c1C=CC(=O)Cl. The van der Waals surface area contributed by atoms with Gasteiger partial charge < -0.3 is 0 Å². The van der Waals surface area contributed by atoms with Gasteiger partial charge in [0, 0.05) is 6.20 Å². The maximum Gasteiger partial charge on any atom is 0.417 e.